The Labute approximate surface area is 136 Å². The zero-order chi connectivity index (χ0) is 17.3. The second-order valence-corrected chi connectivity index (χ2v) is 5.59. The number of aliphatic hydroxyl groups excluding tert-OH is 3. The summed E-state index contributed by atoms with van der Waals surface area (Å²) in [6.45, 7) is -0.576. The molecule has 1 fully saturated rings. The first kappa shape index (κ1) is 16.6. The van der Waals surface area contributed by atoms with Crippen LogP contribution in [-0.4, -0.2) is 57.7 Å². The van der Waals surface area contributed by atoms with E-state index < -0.39 is 37.3 Å². The van der Waals surface area contributed by atoms with Gasteiger partial charge in [0.2, 0.25) is 6.29 Å². The van der Waals surface area contributed by atoms with Gasteiger partial charge in [0, 0.05) is 0 Å². The lowest BCUT2D eigenvalue weighted by molar-refractivity contribution is -0.239. The van der Waals surface area contributed by atoms with Gasteiger partial charge in [-0.05, 0) is 22.9 Å². The van der Waals surface area contributed by atoms with E-state index in [0.29, 0.717) is 0 Å². The van der Waals surface area contributed by atoms with Crippen molar-refractivity contribution in [3.8, 4) is 11.5 Å². The predicted octanol–water partition coefficient (Wildman–Crippen LogP) is 0.498. The molecule has 1 aliphatic rings. The molecule has 0 aliphatic carbocycles. The summed E-state index contributed by atoms with van der Waals surface area (Å²) in [5.41, 5.74) is 0. The molecule has 3 rings (SSSR count). The molecular weight excluding hydrogens is 318 g/mol. The molecule has 24 heavy (non-hydrogen) atoms. The number of nitroso groups, excluding NO2 is 1. The molecule has 0 radical (unpaired) electrons. The zero-order valence-electron chi connectivity index (χ0n) is 12.5. The van der Waals surface area contributed by atoms with Crippen molar-refractivity contribution in [2.45, 2.75) is 30.6 Å². The summed E-state index contributed by atoms with van der Waals surface area (Å²) in [4.78, 5) is 11.0. The van der Waals surface area contributed by atoms with Gasteiger partial charge in [-0.15, -0.1) is 0 Å². The minimum absolute atomic E-state index is 0.0348. The number of aliphatic hydroxyl groups is 3. The van der Waals surface area contributed by atoms with Crippen LogP contribution in [0.1, 0.15) is 0 Å². The van der Waals surface area contributed by atoms with Crippen molar-refractivity contribution in [3.05, 3.63) is 41.3 Å². The molecule has 1 aliphatic heterocycles. The Hall–Kier alpha value is -2.26. The van der Waals surface area contributed by atoms with Crippen LogP contribution in [-0.2, 0) is 4.74 Å². The van der Waals surface area contributed by atoms with Gasteiger partial charge in [-0.3, -0.25) is 0 Å². The van der Waals surface area contributed by atoms with Crippen LogP contribution >= 0.6 is 0 Å². The largest absolute Gasteiger partial charge is 0.504 e. The molecule has 0 spiro atoms. The Balaban J connectivity index is 1.91. The average molecular weight is 335 g/mol. The van der Waals surface area contributed by atoms with Crippen molar-refractivity contribution in [1.82, 2.24) is 0 Å². The van der Waals surface area contributed by atoms with Gasteiger partial charge in [0.1, 0.15) is 18.3 Å². The van der Waals surface area contributed by atoms with Crippen molar-refractivity contribution >= 4 is 10.8 Å². The number of phenolic OH excluding ortho intramolecular Hbond substituents is 1. The van der Waals surface area contributed by atoms with Crippen LogP contribution in [0, 0.1) is 4.91 Å². The Morgan fingerprint density at radius 2 is 1.79 bits per heavy atom. The molecule has 2 aromatic rings. The lowest BCUT2D eigenvalue weighted by Crippen LogP contribution is -2.59. The van der Waals surface area contributed by atoms with E-state index in [4.69, 9.17) is 9.47 Å². The Bertz CT molecular complexity index is 737. The fraction of sp³-hybridized carbons (Fsp3) is 0.375. The highest BCUT2D eigenvalue weighted by molar-refractivity contribution is 5.85. The number of hydrogen-bond acceptors (Lipinski definition) is 8. The summed E-state index contributed by atoms with van der Waals surface area (Å²) >= 11 is 0. The van der Waals surface area contributed by atoms with Crippen LogP contribution < -0.4 is 4.74 Å². The quantitative estimate of drug-likeness (QED) is 0.599. The highest BCUT2D eigenvalue weighted by Gasteiger charge is 2.47. The van der Waals surface area contributed by atoms with Crippen LogP contribution in [0.5, 0.6) is 11.5 Å². The van der Waals surface area contributed by atoms with E-state index in [1.165, 1.54) is 6.07 Å². The summed E-state index contributed by atoms with van der Waals surface area (Å²) in [5, 5.41) is 43.4. The molecule has 5 atom stereocenters. The monoisotopic (exact) mass is 335 g/mol. The lowest BCUT2D eigenvalue weighted by atomic mass is 9.98. The van der Waals surface area contributed by atoms with E-state index in [1.807, 2.05) is 24.3 Å². The van der Waals surface area contributed by atoms with Crippen molar-refractivity contribution in [1.29, 1.82) is 0 Å². The number of nitrogens with zero attached hydrogens (tertiary/aromatic N) is 1. The number of hydrogen-bond donors (Lipinski definition) is 4. The third-order valence-electron chi connectivity index (χ3n) is 4.04. The average Bonchev–Trinajstić information content (AvgIpc) is 2.58. The van der Waals surface area contributed by atoms with E-state index in [9.17, 15) is 25.3 Å². The predicted molar refractivity (Wildman–Crippen MR) is 83.6 cm³/mol. The first-order valence-electron chi connectivity index (χ1n) is 7.38. The van der Waals surface area contributed by atoms with Gasteiger partial charge in [0.15, 0.2) is 17.5 Å². The zero-order valence-corrected chi connectivity index (χ0v) is 12.5. The molecule has 0 bridgehead atoms. The molecule has 0 amide bonds. The molecule has 1 saturated heterocycles. The molecule has 0 aromatic heterocycles. The van der Waals surface area contributed by atoms with E-state index in [1.54, 1.807) is 6.07 Å². The van der Waals surface area contributed by atoms with Gasteiger partial charge in [0.25, 0.3) is 0 Å². The lowest BCUT2D eigenvalue weighted by Gasteiger charge is -2.38. The van der Waals surface area contributed by atoms with Gasteiger partial charge >= 0.3 is 0 Å². The summed E-state index contributed by atoms with van der Waals surface area (Å²) < 4.78 is 10.8. The molecule has 128 valence electrons. The maximum atomic E-state index is 11.0. The van der Waals surface area contributed by atoms with Crippen LogP contribution in [0.25, 0.3) is 10.8 Å². The van der Waals surface area contributed by atoms with Crippen molar-refractivity contribution in [2.24, 2.45) is 5.18 Å². The SMILES string of the molecule is O=NC1C(Oc2cc3ccccc3cc2O)OC(CO)C(O)C1O. The molecule has 1 heterocycles. The van der Waals surface area contributed by atoms with Gasteiger partial charge in [-0.1, -0.05) is 29.4 Å². The molecule has 0 saturated carbocycles. The Morgan fingerprint density at radius 3 is 2.42 bits per heavy atom. The van der Waals surface area contributed by atoms with E-state index in [2.05, 4.69) is 5.18 Å². The number of phenols is 1. The van der Waals surface area contributed by atoms with Crippen LogP contribution in [0.15, 0.2) is 41.6 Å². The van der Waals surface area contributed by atoms with Crippen molar-refractivity contribution < 1.29 is 29.9 Å². The standard InChI is InChI=1S/C16H17NO7/c18-7-12-14(20)15(21)13(17-22)16(24-12)23-11-6-9-4-2-1-3-8(9)5-10(11)19/h1-6,12-16,18-21H,7H2. The number of fused-ring (bicyclic) bond motifs is 1. The second-order valence-electron chi connectivity index (χ2n) is 5.59. The first-order valence-corrected chi connectivity index (χ1v) is 7.38. The van der Waals surface area contributed by atoms with Crippen LogP contribution in [0.3, 0.4) is 0 Å². The third kappa shape index (κ3) is 2.92. The van der Waals surface area contributed by atoms with E-state index >= 15 is 0 Å². The minimum atomic E-state index is -1.55. The van der Waals surface area contributed by atoms with Gasteiger partial charge in [0.05, 0.1) is 6.61 Å². The summed E-state index contributed by atoms with van der Waals surface area (Å²) in [6, 6.07) is 8.91. The van der Waals surface area contributed by atoms with Crippen molar-refractivity contribution in [2.75, 3.05) is 6.61 Å². The first-order chi connectivity index (χ1) is 11.5. The fourth-order valence-corrected chi connectivity index (χ4v) is 2.70. The highest BCUT2D eigenvalue weighted by Crippen LogP contribution is 2.34. The normalized spacial score (nSPS) is 30.2. The maximum absolute atomic E-state index is 11.0. The molecule has 5 unspecified atom stereocenters. The maximum Gasteiger partial charge on any atom is 0.229 e. The number of rotatable bonds is 4. The smallest absolute Gasteiger partial charge is 0.229 e. The van der Waals surface area contributed by atoms with Gasteiger partial charge < -0.3 is 29.9 Å². The second kappa shape index (κ2) is 6.70. The molecule has 8 heteroatoms. The number of benzene rings is 2. The van der Waals surface area contributed by atoms with E-state index in [0.717, 1.165) is 10.8 Å². The summed E-state index contributed by atoms with van der Waals surface area (Å²) in [5.74, 6) is -0.143. The fourth-order valence-electron chi connectivity index (χ4n) is 2.70. The highest BCUT2D eigenvalue weighted by atomic mass is 16.7. The van der Waals surface area contributed by atoms with Gasteiger partial charge in [-0.25, -0.2) is 0 Å². The van der Waals surface area contributed by atoms with Crippen LogP contribution in [0.2, 0.25) is 0 Å². The molecule has 4 N–H and O–H groups in total. The molecular formula is C16H17NO7. The molecule has 8 nitrogen and oxygen atoms in total. The number of ether oxygens (including phenoxy) is 2. The Morgan fingerprint density at radius 1 is 1.12 bits per heavy atom. The topological polar surface area (TPSA) is 129 Å². The van der Waals surface area contributed by atoms with Crippen LogP contribution in [0.4, 0.5) is 0 Å². The van der Waals surface area contributed by atoms with Crippen molar-refractivity contribution in [3.63, 3.8) is 0 Å². The number of aromatic hydroxyl groups is 1. The van der Waals surface area contributed by atoms with Gasteiger partial charge in [-0.2, -0.15) is 4.91 Å². The minimum Gasteiger partial charge on any atom is -0.504 e. The van der Waals surface area contributed by atoms with E-state index in [-0.39, 0.29) is 11.5 Å². The summed E-state index contributed by atoms with van der Waals surface area (Å²) in [6.07, 6.45) is -5.51. The summed E-state index contributed by atoms with van der Waals surface area (Å²) in [7, 11) is 0. The third-order valence-corrected chi connectivity index (χ3v) is 4.04. The Kier molecular flexibility index (Phi) is 4.63. The molecule has 2 aromatic carbocycles.